The Morgan fingerprint density at radius 3 is 2.22 bits per heavy atom. The molecule has 2 fully saturated rings. The van der Waals surface area contributed by atoms with Gasteiger partial charge in [-0.3, -0.25) is 4.90 Å². The Bertz CT molecular complexity index is 639. The van der Waals surface area contributed by atoms with Crippen LogP contribution in [0.1, 0.15) is 70.5 Å². The number of piperazine rings is 1. The van der Waals surface area contributed by atoms with Crippen LogP contribution in [-0.2, 0) is 10.3 Å². The zero-order valence-corrected chi connectivity index (χ0v) is 17.3. The Kier molecular flexibility index (Phi) is 5.82. The standard InChI is InChI=1S/C22H35N3O2/c1-5-6-19(17-7-9-18(10-8-17)22(23)11-12-22)24-13-15-25(16-14-24)20(26)27-21(2,3)4/h7-10,19H,5-6,11-16,23H2,1-4H3. The largest absolute Gasteiger partial charge is 0.444 e. The van der Waals surface area contributed by atoms with Gasteiger partial charge in [0.05, 0.1) is 0 Å². The highest BCUT2D eigenvalue weighted by atomic mass is 16.6. The van der Waals surface area contributed by atoms with E-state index in [1.807, 2.05) is 25.7 Å². The molecule has 0 aromatic heterocycles. The van der Waals surface area contributed by atoms with Crippen LogP contribution in [0.25, 0.3) is 0 Å². The molecule has 1 aromatic rings. The molecular formula is C22H35N3O2. The summed E-state index contributed by atoms with van der Waals surface area (Å²) in [7, 11) is 0. The van der Waals surface area contributed by atoms with Gasteiger partial charge in [-0.25, -0.2) is 4.79 Å². The zero-order chi connectivity index (χ0) is 19.7. The maximum Gasteiger partial charge on any atom is 0.410 e. The van der Waals surface area contributed by atoms with E-state index >= 15 is 0 Å². The van der Waals surface area contributed by atoms with Crippen LogP contribution in [-0.4, -0.2) is 47.7 Å². The van der Waals surface area contributed by atoms with Gasteiger partial charge in [0.2, 0.25) is 0 Å². The van der Waals surface area contributed by atoms with Gasteiger partial charge in [0.15, 0.2) is 0 Å². The number of nitrogens with zero attached hydrogens (tertiary/aromatic N) is 2. The Hall–Kier alpha value is -1.59. The molecule has 2 N–H and O–H groups in total. The molecular weight excluding hydrogens is 338 g/mol. The summed E-state index contributed by atoms with van der Waals surface area (Å²) < 4.78 is 5.51. The summed E-state index contributed by atoms with van der Waals surface area (Å²) in [6, 6.07) is 9.33. The monoisotopic (exact) mass is 373 g/mol. The van der Waals surface area contributed by atoms with E-state index in [0.717, 1.165) is 51.9 Å². The van der Waals surface area contributed by atoms with Crippen LogP contribution < -0.4 is 5.73 Å². The van der Waals surface area contributed by atoms with Crippen molar-refractivity contribution in [3.05, 3.63) is 35.4 Å². The fourth-order valence-corrected chi connectivity index (χ4v) is 3.84. The van der Waals surface area contributed by atoms with E-state index in [-0.39, 0.29) is 11.6 Å². The quantitative estimate of drug-likeness (QED) is 0.847. The van der Waals surface area contributed by atoms with Crippen LogP contribution in [0, 0.1) is 0 Å². The van der Waals surface area contributed by atoms with E-state index in [0.29, 0.717) is 6.04 Å². The second kappa shape index (κ2) is 7.80. The number of hydrogen-bond donors (Lipinski definition) is 1. The number of ether oxygens (including phenoxy) is 1. The maximum absolute atomic E-state index is 12.3. The molecule has 1 saturated carbocycles. The Balaban J connectivity index is 1.62. The van der Waals surface area contributed by atoms with Crippen molar-refractivity contribution in [2.45, 2.75) is 70.6 Å². The highest BCUT2D eigenvalue weighted by Crippen LogP contribution is 2.43. The smallest absolute Gasteiger partial charge is 0.410 e. The van der Waals surface area contributed by atoms with Crippen LogP contribution in [0.5, 0.6) is 0 Å². The first-order valence-electron chi connectivity index (χ1n) is 10.3. The highest BCUT2D eigenvalue weighted by molar-refractivity contribution is 5.68. The molecule has 1 aliphatic carbocycles. The van der Waals surface area contributed by atoms with Crippen molar-refractivity contribution >= 4 is 6.09 Å². The fraction of sp³-hybridized carbons (Fsp3) is 0.682. The van der Waals surface area contributed by atoms with Gasteiger partial charge < -0.3 is 15.4 Å². The van der Waals surface area contributed by atoms with Crippen molar-refractivity contribution < 1.29 is 9.53 Å². The van der Waals surface area contributed by atoms with Gasteiger partial charge in [-0.05, 0) is 51.2 Å². The molecule has 1 amide bonds. The van der Waals surface area contributed by atoms with E-state index in [4.69, 9.17) is 10.5 Å². The summed E-state index contributed by atoms with van der Waals surface area (Å²) in [6.07, 6.45) is 4.25. The molecule has 3 rings (SSSR count). The van der Waals surface area contributed by atoms with E-state index in [1.165, 1.54) is 11.1 Å². The zero-order valence-electron chi connectivity index (χ0n) is 17.3. The van der Waals surface area contributed by atoms with Crippen LogP contribution >= 0.6 is 0 Å². The molecule has 1 aliphatic heterocycles. The predicted octanol–water partition coefficient (Wildman–Crippen LogP) is 4.03. The van der Waals surface area contributed by atoms with Crippen molar-refractivity contribution in [3.63, 3.8) is 0 Å². The van der Waals surface area contributed by atoms with Crippen molar-refractivity contribution in [2.24, 2.45) is 5.73 Å². The van der Waals surface area contributed by atoms with Gasteiger partial charge in [-0.2, -0.15) is 0 Å². The van der Waals surface area contributed by atoms with Gasteiger partial charge in [-0.15, -0.1) is 0 Å². The summed E-state index contributed by atoms with van der Waals surface area (Å²) in [5.41, 5.74) is 8.43. The second-order valence-electron chi connectivity index (χ2n) is 9.09. The molecule has 1 aromatic carbocycles. The van der Waals surface area contributed by atoms with E-state index in [1.54, 1.807) is 0 Å². The summed E-state index contributed by atoms with van der Waals surface area (Å²) in [6.45, 7) is 11.2. The number of rotatable bonds is 5. The summed E-state index contributed by atoms with van der Waals surface area (Å²) in [5, 5.41) is 0. The summed E-state index contributed by atoms with van der Waals surface area (Å²) >= 11 is 0. The molecule has 0 spiro atoms. The van der Waals surface area contributed by atoms with Gasteiger partial charge >= 0.3 is 6.09 Å². The maximum atomic E-state index is 12.3. The molecule has 5 heteroatoms. The van der Waals surface area contributed by atoms with Gasteiger partial charge in [0.25, 0.3) is 0 Å². The minimum atomic E-state index is -0.442. The molecule has 1 heterocycles. The minimum Gasteiger partial charge on any atom is -0.444 e. The third kappa shape index (κ3) is 5.02. The van der Waals surface area contributed by atoms with E-state index in [2.05, 4.69) is 36.1 Å². The number of amides is 1. The number of carbonyl (C=O) groups excluding carboxylic acids is 1. The van der Waals surface area contributed by atoms with E-state index in [9.17, 15) is 4.79 Å². The van der Waals surface area contributed by atoms with Crippen molar-refractivity contribution in [1.29, 1.82) is 0 Å². The molecule has 2 aliphatic rings. The lowest BCUT2D eigenvalue weighted by atomic mass is 9.96. The average molecular weight is 374 g/mol. The van der Waals surface area contributed by atoms with E-state index < -0.39 is 5.60 Å². The lowest BCUT2D eigenvalue weighted by molar-refractivity contribution is 0.00968. The molecule has 0 bridgehead atoms. The summed E-state index contributed by atoms with van der Waals surface area (Å²) in [5.74, 6) is 0. The number of carbonyl (C=O) groups is 1. The first-order valence-corrected chi connectivity index (χ1v) is 10.3. The second-order valence-corrected chi connectivity index (χ2v) is 9.09. The lowest BCUT2D eigenvalue weighted by Gasteiger charge is -2.40. The van der Waals surface area contributed by atoms with Gasteiger partial charge in [0, 0.05) is 37.8 Å². The first kappa shape index (κ1) is 20.2. The number of nitrogens with two attached hydrogens (primary N) is 1. The van der Waals surface area contributed by atoms with Gasteiger partial charge in [0.1, 0.15) is 5.60 Å². The van der Waals surface area contributed by atoms with Crippen LogP contribution in [0.4, 0.5) is 4.79 Å². The Morgan fingerprint density at radius 2 is 1.74 bits per heavy atom. The SMILES string of the molecule is CCCC(c1ccc(C2(N)CC2)cc1)N1CCN(C(=O)OC(C)(C)C)CC1. The Morgan fingerprint density at radius 1 is 1.15 bits per heavy atom. The molecule has 1 unspecified atom stereocenters. The average Bonchev–Trinajstić information content (AvgIpc) is 3.37. The molecule has 1 saturated heterocycles. The molecule has 0 radical (unpaired) electrons. The predicted molar refractivity (Wildman–Crippen MR) is 109 cm³/mol. The fourth-order valence-electron chi connectivity index (χ4n) is 3.84. The summed E-state index contributed by atoms with van der Waals surface area (Å²) in [4.78, 5) is 16.6. The number of hydrogen-bond acceptors (Lipinski definition) is 4. The van der Waals surface area contributed by atoms with Crippen LogP contribution in [0.2, 0.25) is 0 Å². The molecule has 27 heavy (non-hydrogen) atoms. The van der Waals surface area contributed by atoms with Gasteiger partial charge in [-0.1, -0.05) is 37.6 Å². The van der Waals surface area contributed by atoms with Crippen LogP contribution in [0.3, 0.4) is 0 Å². The third-order valence-corrected chi connectivity index (χ3v) is 5.63. The lowest BCUT2D eigenvalue weighted by Crippen LogP contribution is -2.50. The third-order valence-electron chi connectivity index (χ3n) is 5.63. The Labute approximate surface area is 163 Å². The van der Waals surface area contributed by atoms with Crippen LogP contribution in [0.15, 0.2) is 24.3 Å². The van der Waals surface area contributed by atoms with Crippen molar-refractivity contribution in [2.75, 3.05) is 26.2 Å². The first-order chi connectivity index (χ1) is 12.7. The van der Waals surface area contributed by atoms with Crippen molar-refractivity contribution in [3.8, 4) is 0 Å². The normalized spacial score (nSPS) is 21.0. The molecule has 150 valence electrons. The molecule has 1 atom stereocenters. The topological polar surface area (TPSA) is 58.8 Å². The number of benzene rings is 1. The highest BCUT2D eigenvalue weighted by Gasteiger charge is 2.40. The minimum absolute atomic E-state index is 0.0716. The van der Waals surface area contributed by atoms with Crippen molar-refractivity contribution in [1.82, 2.24) is 9.80 Å². The molecule has 5 nitrogen and oxygen atoms in total.